The average molecular weight is 334 g/mol. The molecular formula is C14H26N2O5S. The number of sulfonamides is 1. The van der Waals surface area contributed by atoms with Gasteiger partial charge in [-0.25, -0.2) is 18.4 Å². The van der Waals surface area contributed by atoms with Gasteiger partial charge in [-0.05, 0) is 40.0 Å². The number of likely N-dealkylation sites (tertiary alicyclic amines) is 1. The number of amides is 1. The van der Waals surface area contributed by atoms with Gasteiger partial charge in [-0.15, -0.1) is 0 Å². The lowest BCUT2D eigenvalue weighted by molar-refractivity contribution is -0.0134. The van der Waals surface area contributed by atoms with Crippen molar-refractivity contribution in [3.63, 3.8) is 0 Å². The first-order valence-corrected chi connectivity index (χ1v) is 9.32. The van der Waals surface area contributed by atoms with Crippen molar-refractivity contribution in [1.29, 1.82) is 0 Å². The largest absolute Gasteiger partial charge is 0.444 e. The molecule has 0 radical (unpaired) electrons. The fraction of sp³-hybridized carbons (Fsp3) is 0.929. The molecule has 2 N–H and O–H groups in total. The maximum Gasteiger partial charge on any atom is 0.410 e. The maximum absolute atomic E-state index is 12.3. The molecular weight excluding hydrogens is 308 g/mol. The van der Waals surface area contributed by atoms with Crippen molar-refractivity contribution in [2.45, 2.75) is 51.7 Å². The van der Waals surface area contributed by atoms with Gasteiger partial charge in [0.2, 0.25) is 10.0 Å². The van der Waals surface area contributed by atoms with E-state index in [0.29, 0.717) is 19.7 Å². The Morgan fingerprint density at radius 1 is 1.41 bits per heavy atom. The first-order chi connectivity index (χ1) is 10.0. The van der Waals surface area contributed by atoms with Crippen LogP contribution in [-0.4, -0.2) is 56.6 Å². The first-order valence-electron chi connectivity index (χ1n) is 7.61. The van der Waals surface area contributed by atoms with E-state index in [1.807, 2.05) is 20.8 Å². The third kappa shape index (κ3) is 4.33. The molecule has 0 aliphatic carbocycles. The fourth-order valence-electron chi connectivity index (χ4n) is 3.29. The number of nitrogens with two attached hydrogens (primary N) is 1. The third-order valence-corrected chi connectivity index (χ3v) is 5.01. The molecule has 0 aromatic rings. The van der Waals surface area contributed by atoms with Crippen LogP contribution >= 0.6 is 0 Å². The van der Waals surface area contributed by atoms with Gasteiger partial charge in [0.05, 0.1) is 11.9 Å². The lowest BCUT2D eigenvalue weighted by atomic mass is 9.75. The summed E-state index contributed by atoms with van der Waals surface area (Å²) in [5.41, 5.74) is -0.880. The van der Waals surface area contributed by atoms with Gasteiger partial charge in [-0.2, -0.15) is 0 Å². The normalized spacial score (nSPS) is 29.8. The lowest BCUT2D eigenvalue weighted by Gasteiger charge is -2.43. The van der Waals surface area contributed by atoms with Gasteiger partial charge in [0, 0.05) is 25.1 Å². The number of hydrogen-bond acceptors (Lipinski definition) is 5. The van der Waals surface area contributed by atoms with Crippen molar-refractivity contribution >= 4 is 16.1 Å². The Morgan fingerprint density at radius 2 is 2.09 bits per heavy atom. The van der Waals surface area contributed by atoms with Crippen molar-refractivity contribution in [2.75, 3.05) is 25.4 Å². The summed E-state index contributed by atoms with van der Waals surface area (Å²) in [6.07, 6.45) is 1.59. The molecule has 1 spiro atoms. The Balaban J connectivity index is 2.10. The molecule has 8 heteroatoms. The topological polar surface area (TPSA) is 98.9 Å². The Hall–Kier alpha value is -0.860. The molecule has 2 aliphatic heterocycles. The number of carbonyl (C=O) groups is 1. The molecule has 0 bridgehead atoms. The summed E-state index contributed by atoms with van der Waals surface area (Å²) >= 11 is 0. The predicted octanol–water partition coefficient (Wildman–Crippen LogP) is 1.08. The standard InChI is InChI=1S/C14H26N2O5S/c1-13(2,3)21-12(17)16-7-4-5-14(10-16)6-8-20-11(14)9-22(15,18)19/h11H,4-10H2,1-3H3,(H2,15,18,19). The molecule has 2 atom stereocenters. The molecule has 0 saturated carbocycles. The Labute approximate surface area is 132 Å². The zero-order chi connectivity index (χ0) is 16.6. The van der Waals surface area contributed by atoms with Gasteiger partial charge < -0.3 is 14.4 Å². The fourth-order valence-corrected chi connectivity index (χ4v) is 4.16. The van der Waals surface area contributed by atoms with Crippen molar-refractivity contribution in [1.82, 2.24) is 4.90 Å². The van der Waals surface area contributed by atoms with E-state index in [1.165, 1.54) is 0 Å². The molecule has 22 heavy (non-hydrogen) atoms. The van der Waals surface area contributed by atoms with E-state index in [1.54, 1.807) is 4.90 Å². The van der Waals surface area contributed by atoms with Crippen LogP contribution in [0.3, 0.4) is 0 Å². The van der Waals surface area contributed by atoms with Crippen LogP contribution in [0.25, 0.3) is 0 Å². The highest BCUT2D eigenvalue weighted by molar-refractivity contribution is 7.89. The van der Waals surface area contributed by atoms with Crippen LogP contribution in [0.15, 0.2) is 0 Å². The SMILES string of the molecule is CC(C)(C)OC(=O)N1CCCC2(CCOC2CS(N)(=O)=O)C1. The molecule has 2 rings (SSSR count). The Morgan fingerprint density at radius 3 is 2.68 bits per heavy atom. The van der Waals surface area contributed by atoms with Crippen LogP contribution in [0.1, 0.15) is 40.0 Å². The first kappa shape index (κ1) is 17.5. The number of nitrogens with zero attached hydrogens (tertiary/aromatic N) is 1. The van der Waals surface area contributed by atoms with Crippen molar-refractivity contribution < 1.29 is 22.7 Å². The van der Waals surface area contributed by atoms with Gasteiger partial charge in [0.15, 0.2) is 0 Å². The van der Waals surface area contributed by atoms with Gasteiger partial charge in [0.25, 0.3) is 0 Å². The predicted molar refractivity (Wildman–Crippen MR) is 81.8 cm³/mol. The van der Waals surface area contributed by atoms with Gasteiger partial charge >= 0.3 is 6.09 Å². The molecule has 2 saturated heterocycles. The Kier molecular flexibility index (Phi) is 4.75. The highest BCUT2D eigenvalue weighted by Crippen LogP contribution is 2.43. The van der Waals surface area contributed by atoms with E-state index in [2.05, 4.69) is 0 Å². The zero-order valence-corrected chi connectivity index (χ0v) is 14.3. The summed E-state index contributed by atoms with van der Waals surface area (Å²) in [5, 5.41) is 5.17. The molecule has 2 fully saturated rings. The molecule has 7 nitrogen and oxygen atoms in total. The molecule has 0 aromatic heterocycles. The van der Waals surface area contributed by atoms with Gasteiger partial charge in [-0.1, -0.05) is 0 Å². The van der Waals surface area contributed by atoms with Crippen LogP contribution < -0.4 is 5.14 Å². The van der Waals surface area contributed by atoms with Gasteiger partial charge in [-0.3, -0.25) is 0 Å². The van der Waals surface area contributed by atoms with E-state index in [4.69, 9.17) is 14.6 Å². The molecule has 128 valence electrons. The number of rotatable bonds is 2. The van der Waals surface area contributed by atoms with Crippen LogP contribution in [0.2, 0.25) is 0 Å². The molecule has 2 unspecified atom stereocenters. The maximum atomic E-state index is 12.3. The van der Waals surface area contributed by atoms with E-state index < -0.39 is 21.7 Å². The number of piperidine rings is 1. The third-order valence-electron chi connectivity index (χ3n) is 4.25. The van der Waals surface area contributed by atoms with Crippen molar-refractivity contribution in [3.05, 3.63) is 0 Å². The summed E-state index contributed by atoms with van der Waals surface area (Å²) in [4.78, 5) is 13.9. The quantitative estimate of drug-likeness (QED) is 0.815. The van der Waals surface area contributed by atoms with Gasteiger partial charge in [0.1, 0.15) is 5.60 Å². The monoisotopic (exact) mass is 334 g/mol. The highest BCUT2D eigenvalue weighted by atomic mass is 32.2. The average Bonchev–Trinajstić information content (AvgIpc) is 2.68. The Bertz CT molecular complexity index is 528. The van der Waals surface area contributed by atoms with Crippen LogP contribution in [0.4, 0.5) is 4.79 Å². The summed E-state index contributed by atoms with van der Waals surface area (Å²) < 4.78 is 33.9. The van der Waals surface area contributed by atoms with Crippen LogP contribution in [0.5, 0.6) is 0 Å². The summed E-state index contributed by atoms with van der Waals surface area (Å²) in [6.45, 7) is 7.07. The molecule has 2 heterocycles. The lowest BCUT2D eigenvalue weighted by Crippen LogP contribution is -2.52. The summed E-state index contributed by atoms with van der Waals surface area (Å²) in [5.74, 6) is -0.199. The number of primary sulfonamides is 1. The molecule has 2 aliphatic rings. The number of ether oxygens (including phenoxy) is 2. The minimum atomic E-state index is -3.61. The second-order valence-corrected chi connectivity index (χ2v) is 8.97. The second kappa shape index (κ2) is 5.98. The second-order valence-electron chi connectivity index (χ2n) is 7.31. The summed E-state index contributed by atoms with van der Waals surface area (Å²) in [6, 6.07) is 0. The van der Waals surface area contributed by atoms with Crippen molar-refractivity contribution in [3.8, 4) is 0 Å². The summed E-state index contributed by atoms with van der Waals surface area (Å²) in [7, 11) is -3.61. The number of hydrogen-bond donors (Lipinski definition) is 1. The zero-order valence-electron chi connectivity index (χ0n) is 13.5. The van der Waals surface area contributed by atoms with Crippen LogP contribution in [-0.2, 0) is 19.5 Å². The van der Waals surface area contributed by atoms with E-state index in [9.17, 15) is 13.2 Å². The number of carbonyl (C=O) groups excluding carboxylic acids is 1. The molecule has 1 amide bonds. The smallest absolute Gasteiger partial charge is 0.410 e. The minimum Gasteiger partial charge on any atom is -0.444 e. The van der Waals surface area contributed by atoms with E-state index in [-0.39, 0.29) is 17.3 Å². The highest BCUT2D eigenvalue weighted by Gasteiger charge is 2.49. The molecule has 0 aromatic carbocycles. The van der Waals surface area contributed by atoms with Crippen LogP contribution in [0, 0.1) is 5.41 Å². The minimum absolute atomic E-state index is 0.199. The van der Waals surface area contributed by atoms with E-state index in [0.717, 1.165) is 19.3 Å². The van der Waals surface area contributed by atoms with E-state index >= 15 is 0 Å². The van der Waals surface area contributed by atoms with Crippen molar-refractivity contribution in [2.24, 2.45) is 10.6 Å².